The summed E-state index contributed by atoms with van der Waals surface area (Å²) in [5.74, 6) is 0.453. The van der Waals surface area contributed by atoms with E-state index < -0.39 is 18.8 Å². The molecule has 0 aliphatic heterocycles. The average molecular weight is 533 g/mol. The molecule has 198 valence electrons. The van der Waals surface area contributed by atoms with Gasteiger partial charge in [-0.2, -0.15) is 23.5 Å². The number of hydrogen-bond acceptors (Lipinski definition) is 5. The molecule has 2 heterocycles. The summed E-state index contributed by atoms with van der Waals surface area (Å²) in [5, 5.41) is 25.8. The molecule has 1 atom stereocenters. The second-order valence-corrected chi connectivity index (χ2v) is 8.43. The Morgan fingerprint density at radius 2 is 1.97 bits per heavy atom. The number of carbonyl (C=O) groups excluding carboxylic acids is 1. The van der Waals surface area contributed by atoms with E-state index in [0.717, 1.165) is 5.56 Å². The Bertz CT molecular complexity index is 1520. The highest BCUT2D eigenvalue weighted by Gasteiger charge is 2.27. The van der Waals surface area contributed by atoms with Gasteiger partial charge in [-0.15, -0.1) is 0 Å². The van der Waals surface area contributed by atoms with Crippen LogP contribution >= 0.6 is 0 Å². The largest absolute Gasteiger partial charge is 0.405 e. The molecule has 4 rings (SSSR count). The number of rotatable bonds is 9. The number of H-pyrrole nitrogens is 1. The molecule has 0 aliphatic rings. The summed E-state index contributed by atoms with van der Waals surface area (Å²) >= 11 is 0. The number of hydrogen-bond donors (Lipinski definition) is 4. The summed E-state index contributed by atoms with van der Waals surface area (Å²) < 4.78 is 38.6. The Labute approximate surface area is 221 Å². The lowest BCUT2D eigenvalue weighted by Gasteiger charge is -2.14. The molecule has 0 bridgehead atoms. The zero-order chi connectivity index (χ0) is 27.8. The third-order valence-corrected chi connectivity index (χ3v) is 5.65. The first-order valence-corrected chi connectivity index (χ1v) is 11.7. The van der Waals surface area contributed by atoms with Crippen molar-refractivity contribution in [3.63, 3.8) is 0 Å². The van der Waals surface area contributed by atoms with Crippen LogP contribution in [0.5, 0.6) is 0 Å². The fraction of sp³-hybridized carbons (Fsp3) is 0.148. The van der Waals surface area contributed by atoms with Crippen molar-refractivity contribution >= 4 is 29.6 Å². The van der Waals surface area contributed by atoms with Crippen LogP contribution < -0.4 is 10.6 Å². The van der Waals surface area contributed by atoms with Gasteiger partial charge in [-0.3, -0.25) is 4.68 Å². The Kier molecular flexibility index (Phi) is 8.21. The van der Waals surface area contributed by atoms with Crippen LogP contribution in [-0.2, 0) is 0 Å². The van der Waals surface area contributed by atoms with Gasteiger partial charge in [-0.25, -0.2) is 9.78 Å². The quantitative estimate of drug-likeness (QED) is 0.207. The van der Waals surface area contributed by atoms with E-state index in [-0.39, 0.29) is 12.5 Å². The molecule has 2 aromatic carbocycles. The SMILES string of the molecule is N#CCC(c1ccccc1)n1cc(/C(C=N)=C/c2ncc(-c3cccc(NC(=O)NCC(F)(F)F)c3)[nH]2)cn1. The number of halogens is 3. The Morgan fingerprint density at radius 1 is 1.18 bits per heavy atom. The van der Waals surface area contributed by atoms with Crippen LogP contribution in [0.2, 0.25) is 0 Å². The summed E-state index contributed by atoms with van der Waals surface area (Å²) in [6.07, 6.45) is 3.53. The molecular weight excluding hydrogens is 509 g/mol. The Balaban J connectivity index is 1.50. The molecule has 2 amide bonds. The van der Waals surface area contributed by atoms with Gasteiger partial charge in [0.2, 0.25) is 0 Å². The maximum Gasteiger partial charge on any atom is 0.405 e. The van der Waals surface area contributed by atoms with Crippen LogP contribution in [0.3, 0.4) is 0 Å². The molecule has 0 saturated heterocycles. The van der Waals surface area contributed by atoms with Crippen molar-refractivity contribution in [2.24, 2.45) is 0 Å². The summed E-state index contributed by atoms with van der Waals surface area (Å²) in [4.78, 5) is 19.2. The number of amides is 2. The maximum absolute atomic E-state index is 12.3. The monoisotopic (exact) mass is 532 g/mol. The number of urea groups is 1. The first kappa shape index (κ1) is 26.9. The van der Waals surface area contributed by atoms with Crippen molar-refractivity contribution in [1.29, 1.82) is 10.7 Å². The first-order chi connectivity index (χ1) is 18.8. The lowest BCUT2D eigenvalue weighted by Crippen LogP contribution is -2.36. The van der Waals surface area contributed by atoms with Crippen LogP contribution in [0.25, 0.3) is 22.9 Å². The minimum atomic E-state index is -4.51. The summed E-state index contributed by atoms with van der Waals surface area (Å²) in [6, 6.07) is 17.0. The standard InChI is InChI=1S/C27H23F3N8O/c28-27(29,30)17-34-26(39)36-22-8-4-7-19(11-22)23-15-33-25(37-23)12-20(13-32)21-14-35-38(16-21)24(9-10-31)18-5-2-1-3-6-18/h1-8,11-16,24,32H,9,17H2,(H,33,37)(H2,34,36,39)/b20-12+,32-13?. The molecule has 0 radical (unpaired) electrons. The minimum absolute atomic E-state index is 0.230. The number of allylic oxidation sites excluding steroid dienone is 1. The Hall–Kier alpha value is -5.18. The lowest BCUT2D eigenvalue weighted by molar-refractivity contribution is -0.122. The smallest absolute Gasteiger partial charge is 0.338 e. The summed E-state index contributed by atoms with van der Waals surface area (Å²) in [7, 11) is 0. The zero-order valence-electron chi connectivity index (χ0n) is 20.4. The third kappa shape index (κ3) is 7.20. The van der Waals surface area contributed by atoms with E-state index in [0.29, 0.717) is 33.9 Å². The third-order valence-electron chi connectivity index (χ3n) is 5.65. The molecule has 4 aromatic rings. The molecule has 12 heteroatoms. The van der Waals surface area contributed by atoms with Crippen LogP contribution in [-0.4, -0.2) is 44.7 Å². The fourth-order valence-corrected chi connectivity index (χ4v) is 3.82. The topological polar surface area (TPSA) is 135 Å². The number of carbonyl (C=O) groups is 1. The molecule has 0 saturated carbocycles. The summed E-state index contributed by atoms with van der Waals surface area (Å²) in [5.41, 5.74) is 3.68. The van der Waals surface area contributed by atoms with E-state index in [1.807, 2.05) is 30.3 Å². The second kappa shape index (κ2) is 11.9. The van der Waals surface area contributed by atoms with Crippen molar-refractivity contribution in [2.45, 2.75) is 18.6 Å². The van der Waals surface area contributed by atoms with Gasteiger partial charge >= 0.3 is 12.2 Å². The zero-order valence-corrected chi connectivity index (χ0v) is 20.4. The van der Waals surface area contributed by atoms with E-state index in [2.05, 4.69) is 26.5 Å². The molecule has 0 fully saturated rings. The van der Waals surface area contributed by atoms with Crippen LogP contribution in [0.15, 0.2) is 73.2 Å². The van der Waals surface area contributed by atoms with Gasteiger partial charge in [0.05, 0.1) is 36.6 Å². The number of benzene rings is 2. The van der Waals surface area contributed by atoms with Gasteiger partial charge in [0, 0.05) is 34.8 Å². The molecule has 4 N–H and O–H groups in total. The highest BCUT2D eigenvalue weighted by molar-refractivity contribution is 6.14. The van der Waals surface area contributed by atoms with Crippen molar-refractivity contribution in [3.8, 4) is 17.3 Å². The highest BCUT2D eigenvalue weighted by atomic mass is 19.4. The van der Waals surface area contributed by atoms with E-state index >= 15 is 0 Å². The molecule has 39 heavy (non-hydrogen) atoms. The van der Waals surface area contributed by atoms with Crippen LogP contribution in [0.4, 0.5) is 23.7 Å². The maximum atomic E-state index is 12.3. The van der Waals surface area contributed by atoms with E-state index in [1.165, 1.54) is 6.21 Å². The number of nitriles is 1. The van der Waals surface area contributed by atoms with E-state index in [4.69, 9.17) is 5.41 Å². The van der Waals surface area contributed by atoms with Gasteiger partial charge in [-0.1, -0.05) is 42.5 Å². The van der Waals surface area contributed by atoms with Gasteiger partial charge in [0.1, 0.15) is 12.4 Å². The van der Waals surface area contributed by atoms with Gasteiger partial charge < -0.3 is 21.0 Å². The van der Waals surface area contributed by atoms with Gasteiger partial charge in [0.15, 0.2) is 0 Å². The molecule has 0 spiro atoms. The molecule has 1 unspecified atom stereocenters. The van der Waals surface area contributed by atoms with Crippen molar-refractivity contribution < 1.29 is 18.0 Å². The minimum Gasteiger partial charge on any atom is -0.338 e. The molecule has 2 aromatic heterocycles. The molecule has 9 nitrogen and oxygen atoms in total. The normalized spacial score (nSPS) is 12.4. The fourth-order valence-electron chi connectivity index (χ4n) is 3.82. The van der Waals surface area contributed by atoms with E-state index in [9.17, 15) is 23.2 Å². The predicted octanol–water partition coefficient (Wildman–Crippen LogP) is 5.65. The van der Waals surface area contributed by atoms with E-state index in [1.54, 1.807) is 58.9 Å². The van der Waals surface area contributed by atoms with Crippen molar-refractivity contribution in [2.75, 3.05) is 11.9 Å². The average Bonchev–Trinajstić information content (AvgIpc) is 3.60. The number of aromatic nitrogens is 4. The number of nitrogens with one attached hydrogen (secondary N) is 4. The summed E-state index contributed by atoms with van der Waals surface area (Å²) in [6.45, 7) is -1.44. The number of nitrogens with zero attached hydrogens (tertiary/aromatic N) is 4. The predicted molar refractivity (Wildman–Crippen MR) is 141 cm³/mol. The number of aromatic amines is 1. The second-order valence-electron chi connectivity index (χ2n) is 8.43. The van der Waals surface area contributed by atoms with Crippen molar-refractivity contribution in [3.05, 3.63) is 90.1 Å². The number of alkyl halides is 3. The highest BCUT2D eigenvalue weighted by Crippen LogP contribution is 2.25. The number of imidazole rings is 1. The molecule has 0 aliphatic carbocycles. The lowest BCUT2D eigenvalue weighted by atomic mass is 10.0. The van der Waals surface area contributed by atoms with Crippen LogP contribution in [0.1, 0.15) is 29.4 Å². The van der Waals surface area contributed by atoms with Gasteiger partial charge in [-0.05, 0) is 23.8 Å². The molecular formula is C27H23F3N8O. The first-order valence-electron chi connectivity index (χ1n) is 11.7. The Morgan fingerprint density at radius 3 is 2.69 bits per heavy atom. The van der Waals surface area contributed by atoms with Crippen LogP contribution in [0, 0.1) is 16.7 Å². The number of anilines is 1. The van der Waals surface area contributed by atoms with Crippen molar-refractivity contribution in [1.82, 2.24) is 25.1 Å². The van der Waals surface area contributed by atoms with Gasteiger partial charge in [0.25, 0.3) is 0 Å².